The summed E-state index contributed by atoms with van der Waals surface area (Å²) in [5.74, 6) is 2.05. The van der Waals surface area contributed by atoms with Crippen LogP contribution in [0.3, 0.4) is 0 Å². The molecule has 2 heterocycles. The Balaban J connectivity index is 0.00000192. The maximum absolute atomic E-state index is 12.6. The van der Waals surface area contributed by atoms with E-state index in [4.69, 9.17) is 0 Å². The zero-order valence-electron chi connectivity index (χ0n) is 14.0. The number of carbonyl (C=O) groups excluding carboxylic acids is 1. The van der Waals surface area contributed by atoms with E-state index >= 15 is 0 Å². The van der Waals surface area contributed by atoms with Crippen molar-refractivity contribution in [3.63, 3.8) is 0 Å². The summed E-state index contributed by atoms with van der Waals surface area (Å²) in [6.07, 6.45) is 4.35. The highest BCUT2D eigenvalue weighted by atomic mass is 35.5. The van der Waals surface area contributed by atoms with Gasteiger partial charge in [-0.25, -0.2) is 0 Å². The second kappa shape index (κ2) is 8.70. The van der Waals surface area contributed by atoms with Crippen LogP contribution in [-0.2, 0) is 4.79 Å². The molecule has 0 radical (unpaired) electrons. The minimum atomic E-state index is 0. The van der Waals surface area contributed by atoms with Crippen LogP contribution in [0.25, 0.3) is 0 Å². The van der Waals surface area contributed by atoms with Crippen LogP contribution in [-0.4, -0.2) is 37.0 Å². The number of nitrogens with zero attached hydrogens (tertiary/aromatic N) is 1. The molecule has 2 aliphatic rings. The van der Waals surface area contributed by atoms with Gasteiger partial charge in [-0.3, -0.25) is 4.79 Å². The predicted molar refractivity (Wildman–Crippen MR) is 97.0 cm³/mol. The number of piperidine rings is 1. The normalized spacial score (nSPS) is 25.7. The van der Waals surface area contributed by atoms with Crippen molar-refractivity contribution in [1.29, 1.82) is 0 Å². The predicted octanol–water partition coefficient (Wildman–Crippen LogP) is 3.45. The number of halogens is 1. The molecule has 0 saturated carbocycles. The van der Waals surface area contributed by atoms with Crippen molar-refractivity contribution in [3.8, 4) is 0 Å². The summed E-state index contributed by atoms with van der Waals surface area (Å²) in [7, 11) is 0. The third-order valence-electron chi connectivity index (χ3n) is 5.45. The maximum Gasteiger partial charge on any atom is 0.222 e. The molecule has 1 aromatic rings. The van der Waals surface area contributed by atoms with E-state index < -0.39 is 0 Å². The highest BCUT2D eigenvalue weighted by Crippen LogP contribution is 2.29. The average Bonchev–Trinajstić information content (AvgIpc) is 3.06. The number of likely N-dealkylation sites (tertiary alicyclic amines) is 1. The van der Waals surface area contributed by atoms with Crippen LogP contribution in [0.15, 0.2) is 30.3 Å². The lowest BCUT2D eigenvalue weighted by molar-refractivity contribution is -0.131. The molecular weight excluding hydrogens is 308 g/mol. The lowest BCUT2D eigenvalue weighted by Crippen LogP contribution is -2.36. The molecule has 1 N–H and O–H groups in total. The Morgan fingerprint density at radius 1 is 1.30 bits per heavy atom. The van der Waals surface area contributed by atoms with E-state index in [1.807, 2.05) is 0 Å². The smallest absolute Gasteiger partial charge is 0.222 e. The van der Waals surface area contributed by atoms with E-state index in [-0.39, 0.29) is 12.4 Å². The van der Waals surface area contributed by atoms with Gasteiger partial charge in [0.1, 0.15) is 0 Å². The third-order valence-corrected chi connectivity index (χ3v) is 5.45. The molecule has 1 aromatic carbocycles. The zero-order chi connectivity index (χ0) is 15.4. The lowest BCUT2D eigenvalue weighted by Gasteiger charge is -2.29. The molecule has 0 aromatic heterocycles. The topological polar surface area (TPSA) is 32.3 Å². The van der Waals surface area contributed by atoms with Crippen LogP contribution >= 0.6 is 12.4 Å². The van der Waals surface area contributed by atoms with Gasteiger partial charge in [-0.2, -0.15) is 0 Å². The third kappa shape index (κ3) is 4.71. The van der Waals surface area contributed by atoms with Gasteiger partial charge in [-0.1, -0.05) is 37.3 Å². The van der Waals surface area contributed by atoms with E-state index in [9.17, 15) is 4.79 Å². The molecule has 2 fully saturated rings. The Labute approximate surface area is 146 Å². The summed E-state index contributed by atoms with van der Waals surface area (Å²) < 4.78 is 0. The Morgan fingerprint density at radius 2 is 2.09 bits per heavy atom. The molecule has 2 aliphatic heterocycles. The number of rotatable bonds is 4. The maximum atomic E-state index is 12.6. The minimum Gasteiger partial charge on any atom is -0.342 e. The first-order chi connectivity index (χ1) is 10.7. The molecule has 128 valence electrons. The van der Waals surface area contributed by atoms with Gasteiger partial charge in [0.05, 0.1) is 0 Å². The largest absolute Gasteiger partial charge is 0.342 e. The number of amides is 1. The second-order valence-electron chi connectivity index (χ2n) is 7.02. The van der Waals surface area contributed by atoms with Gasteiger partial charge < -0.3 is 10.2 Å². The SMILES string of the molecule is CC(CC(=O)N1CCC(c2ccccc2)C1)C1CCCNC1.Cl. The number of benzene rings is 1. The molecule has 0 bridgehead atoms. The lowest BCUT2D eigenvalue weighted by atomic mass is 9.85. The summed E-state index contributed by atoms with van der Waals surface area (Å²) in [5, 5.41) is 3.46. The van der Waals surface area contributed by atoms with Crippen LogP contribution in [0.2, 0.25) is 0 Å². The van der Waals surface area contributed by atoms with Gasteiger partial charge in [0, 0.05) is 25.4 Å². The number of hydrogen-bond acceptors (Lipinski definition) is 2. The van der Waals surface area contributed by atoms with E-state index in [1.165, 1.54) is 18.4 Å². The summed E-state index contributed by atoms with van der Waals surface area (Å²) >= 11 is 0. The molecule has 3 atom stereocenters. The molecule has 1 amide bonds. The molecule has 2 saturated heterocycles. The van der Waals surface area contributed by atoms with Crippen molar-refractivity contribution in [2.24, 2.45) is 11.8 Å². The summed E-state index contributed by atoms with van der Waals surface area (Å²) in [6.45, 7) is 6.30. The Morgan fingerprint density at radius 3 is 2.78 bits per heavy atom. The zero-order valence-corrected chi connectivity index (χ0v) is 14.9. The molecular formula is C19H29ClN2O. The fourth-order valence-electron chi connectivity index (χ4n) is 3.92. The standard InChI is InChI=1S/C19H28N2O.ClH/c1-15(17-8-5-10-20-13-17)12-19(22)21-11-9-18(14-21)16-6-3-2-4-7-16;/h2-4,6-7,15,17-18,20H,5,8-14H2,1H3;1H. The first-order valence-corrected chi connectivity index (χ1v) is 8.77. The van der Waals surface area contributed by atoms with Crippen LogP contribution in [0, 0.1) is 11.8 Å². The number of hydrogen-bond donors (Lipinski definition) is 1. The fourth-order valence-corrected chi connectivity index (χ4v) is 3.92. The average molecular weight is 337 g/mol. The van der Waals surface area contributed by atoms with E-state index in [1.54, 1.807) is 0 Å². The minimum absolute atomic E-state index is 0. The molecule has 3 nitrogen and oxygen atoms in total. The van der Waals surface area contributed by atoms with Gasteiger partial charge in [0.15, 0.2) is 0 Å². The van der Waals surface area contributed by atoms with Gasteiger partial charge in [0.25, 0.3) is 0 Å². The Hall–Kier alpha value is -1.06. The molecule has 0 spiro atoms. The molecule has 23 heavy (non-hydrogen) atoms. The van der Waals surface area contributed by atoms with Gasteiger partial charge in [-0.05, 0) is 49.8 Å². The second-order valence-corrected chi connectivity index (χ2v) is 7.02. The van der Waals surface area contributed by atoms with Gasteiger partial charge >= 0.3 is 0 Å². The van der Waals surface area contributed by atoms with Crippen molar-refractivity contribution in [2.45, 2.75) is 38.5 Å². The molecule has 3 rings (SSSR count). The van der Waals surface area contributed by atoms with Gasteiger partial charge in [-0.15, -0.1) is 12.4 Å². The van der Waals surface area contributed by atoms with E-state index in [2.05, 4.69) is 47.5 Å². The van der Waals surface area contributed by atoms with E-state index in [0.717, 1.165) is 32.6 Å². The van der Waals surface area contributed by atoms with Crippen LogP contribution in [0.1, 0.15) is 44.1 Å². The highest BCUT2D eigenvalue weighted by molar-refractivity contribution is 5.85. The van der Waals surface area contributed by atoms with Gasteiger partial charge in [0.2, 0.25) is 5.91 Å². The summed E-state index contributed by atoms with van der Waals surface area (Å²) in [5.41, 5.74) is 1.38. The fraction of sp³-hybridized carbons (Fsp3) is 0.632. The van der Waals surface area contributed by atoms with Crippen LogP contribution in [0.4, 0.5) is 0 Å². The molecule has 0 aliphatic carbocycles. The highest BCUT2D eigenvalue weighted by Gasteiger charge is 2.29. The van der Waals surface area contributed by atoms with Crippen molar-refractivity contribution < 1.29 is 4.79 Å². The van der Waals surface area contributed by atoms with Crippen LogP contribution in [0.5, 0.6) is 0 Å². The van der Waals surface area contributed by atoms with Crippen molar-refractivity contribution in [1.82, 2.24) is 10.2 Å². The van der Waals surface area contributed by atoms with Crippen molar-refractivity contribution >= 4 is 18.3 Å². The van der Waals surface area contributed by atoms with Crippen molar-refractivity contribution in [2.75, 3.05) is 26.2 Å². The Bertz CT molecular complexity index is 487. The molecule has 4 heteroatoms. The summed E-state index contributed by atoms with van der Waals surface area (Å²) in [6, 6.07) is 10.6. The molecule has 3 unspecified atom stereocenters. The Kier molecular flexibility index (Phi) is 6.91. The quantitative estimate of drug-likeness (QED) is 0.913. The van der Waals surface area contributed by atoms with E-state index in [0.29, 0.717) is 30.1 Å². The monoisotopic (exact) mass is 336 g/mol. The number of nitrogens with one attached hydrogen (secondary N) is 1. The first kappa shape index (κ1) is 18.3. The van der Waals surface area contributed by atoms with Crippen molar-refractivity contribution in [3.05, 3.63) is 35.9 Å². The first-order valence-electron chi connectivity index (χ1n) is 8.77. The summed E-state index contributed by atoms with van der Waals surface area (Å²) in [4.78, 5) is 14.7. The van der Waals surface area contributed by atoms with Crippen LogP contribution < -0.4 is 5.32 Å². The number of carbonyl (C=O) groups is 1.